The smallest absolute Gasteiger partial charge is 0.354 e. The van der Waals surface area contributed by atoms with E-state index in [9.17, 15) is 4.79 Å². The minimum atomic E-state index is -0.529. The Bertz CT molecular complexity index is 1920. The van der Waals surface area contributed by atoms with Crippen LogP contribution in [0, 0.1) is 18.2 Å². The number of halogens is 2. The highest BCUT2D eigenvalue weighted by Gasteiger charge is 2.16. The number of nitrogens with one attached hydrogen (secondary N) is 5. The van der Waals surface area contributed by atoms with Crippen LogP contribution in [-0.4, -0.2) is 50.7 Å². The Hall–Kier alpha value is -4.78. The molecule has 0 bridgehead atoms. The zero-order valence-electron chi connectivity index (χ0n) is 27.1. The van der Waals surface area contributed by atoms with Gasteiger partial charge in [0.2, 0.25) is 0 Å². The number of H-pyrrole nitrogens is 1. The first-order valence-corrected chi connectivity index (χ1v) is 16.4. The van der Waals surface area contributed by atoms with Crippen LogP contribution in [0.3, 0.4) is 0 Å². The molecule has 13 heteroatoms. The lowest BCUT2D eigenvalue weighted by atomic mass is 10.0. The van der Waals surface area contributed by atoms with E-state index >= 15 is 4.39 Å². The fraction of sp³-hybridized carbons (Fsp3) is 0.314. The second-order valence-corrected chi connectivity index (χ2v) is 12.5. The number of aromatic amines is 1. The summed E-state index contributed by atoms with van der Waals surface area (Å²) < 4.78 is 16.6. The van der Waals surface area contributed by atoms with Crippen molar-refractivity contribution in [3.05, 3.63) is 105 Å². The lowest BCUT2D eigenvalue weighted by Gasteiger charge is -2.21. The molecule has 3 aromatic heterocycles. The van der Waals surface area contributed by atoms with Crippen molar-refractivity contribution in [3.63, 3.8) is 0 Å². The van der Waals surface area contributed by atoms with E-state index in [0.717, 1.165) is 48.1 Å². The summed E-state index contributed by atoms with van der Waals surface area (Å²) in [4.78, 5) is 24.6. The van der Waals surface area contributed by atoms with Crippen LogP contribution in [0.25, 0.3) is 28.0 Å². The standard InChI is InChI=1S/C35H42ClFN10O/c1-21-10-12-41-19-31(21)44-18-26(11-13-42-34(39)40)43-17-23-6-8-27(9-7-23)47-20-25-16-30(45-33(25)46-35(47)48)28-14-24(5-3-4-22(2)38)15-29(36)32(28)37/h6-10,12,14-16,19-20,22,26,43-44H,3-5,11,13,17-18,38H2,1-2H3,(H4,39,40,42)(H,45,46,48)/t22-,26+/m0/s1. The minimum absolute atomic E-state index is 0.0444. The number of hydrogen-bond acceptors (Lipinski definition) is 7. The van der Waals surface area contributed by atoms with Gasteiger partial charge >= 0.3 is 5.69 Å². The first-order valence-electron chi connectivity index (χ1n) is 16.0. The van der Waals surface area contributed by atoms with E-state index in [0.29, 0.717) is 47.6 Å². The molecule has 5 rings (SSSR count). The van der Waals surface area contributed by atoms with Gasteiger partial charge in [-0.1, -0.05) is 23.7 Å². The predicted octanol–water partition coefficient (Wildman–Crippen LogP) is 4.99. The van der Waals surface area contributed by atoms with E-state index in [1.54, 1.807) is 36.8 Å². The number of nitrogens with zero attached hydrogens (tertiary/aromatic N) is 3. The lowest BCUT2D eigenvalue weighted by molar-refractivity contribution is 0.494. The molecule has 3 heterocycles. The number of pyridine rings is 1. The molecule has 0 aliphatic heterocycles. The number of benzene rings is 2. The van der Waals surface area contributed by atoms with Gasteiger partial charge in [-0.3, -0.25) is 15.0 Å². The molecule has 5 aromatic rings. The Morgan fingerprint density at radius 3 is 2.67 bits per heavy atom. The average molecular weight is 673 g/mol. The van der Waals surface area contributed by atoms with Gasteiger partial charge in [0.15, 0.2) is 11.8 Å². The van der Waals surface area contributed by atoms with Crippen molar-refractivity contribution in [2.45, 2.75) is 58.2 Å². The largest absolute Gasteiger partial charge is 0.382 e. The maximum atomic E-state index is 15.2. The summed E-state index contributed by atoms with van der Waals surface area (Å²) in [5.74, 6) is -0.590. The van der Waals surface area contributed by atoms with E-state index in [1.165, 1.54) is 4.57 Å². The number of guanidine groups is 1. The number of aromatic nitrogens is 4. The number of aryl methyl sites for hydroxylation is 2. The normalized spacial score (nSPS) is 12.6. The van der Waals surface area contributed by atoms with Crippen molar-refractivity contribution in [1.82, 2.24) is 30.2 Å². The molecule has 11 nitrogen and oxygen atoms in total. The molecular formula is C35H42ClFN10O. The van der Waals surface area contributed by atoms with Crippen LogP contribution >= 0.6 is 11.6 Å². The van der Waals surface area contributed by atoms with Crippen LogP contribution in [-0.2, 0) is 13.0 Å². The fourth-order valence-corrected chi connectivity index (χ4v) is 5.76. The summed E-state index contributed by atoms with van der Waals surface area (Å²) in [5, 5.41) is 18.1. The molecular weight excluding hydrogens is 631 g/mol. The van der Waals surface area contributed by atoms with Crippen LogP contribution < -0.4 is 33.1 Å². The third kappa shape index (κ3) is 8.97. The van der Waals surface area contributed by atoms with Crippen molar-refractivity contribution in [2.24, 2.45) is 11.5 Å². The number of anilines is 1. The summed E-state index contributed by atoms with van der Waals surface area (Å²) in [6.45, 7) is 5.78. The number of rotatable bonds is 15. The Morgan fingerprint density at radius 2 is 1.94 bits per heavy atom. The molecule has 0 saturated heterocycles. The van der Waals surface area contributed by atoms with Gasteiger partial charge in [-0.05, 0) is 92.6 Å². The first kappa shape index (κ1) is 34.6. The van der Waals surface area contributed by atoms with Gasteiger partial charge < -0.3 is 32.4 Å². The Kier molecular flexibility index (Phi) is 11.4. The second-order valence-electron chi connectivity index (χ2n) is 12.1. The lowest BCUT2D eigenvalue weighted by Crippen LogP contribution is -2.40. The third-order valence-electron chi connectivity index (χ3n) is 8.21. The quantitative estimate of drug-likeness (QED) is 0.0601. The van der Waals surface area contributed by atoms with E-state index in [2.05, 4.69) is 30.9 Å². The summed E-state index contributed by atoms with van der Waals surface area (Å²) in [6, 6.07) is 15.0. The van der Waals surface area contributed by atoms with Crippen LogP contribution in [0.4, 0.5) is 10.1 Å². The molecule has 0 aliphatic carbocycles. The second kappa shape index (κ2) is 15.9. The van der Waals surface area contributed by atoms with Crippen LogP contribution in [0.2, 0.25) is 5.02 Å². The number of hydrogen-bond donors (Lipinski definition) is 7. The molecule has 252 valence electrons. The average Bonchev–Trinajstić information content (AvgIpc) is 3.46. The monoisotopic (exact) mass is 672 g/mol. The van der Waals surface area contributed by atoms with E-state index in [4.69, 9.17) is 28.5 Å². The Balaban J connectivity index is 1.29. The molecule has 0 aliphatic rings. The van der Waals surface area contributed by atoms with Gasteiger partial charge in [0.1, 0.15) is 5.65 Å². The van der Waals surface area contributed by atoms with E-state index < -0.39 is 11.5 Å². The van der Waals surface area contributed by atoms with Gasteiger partial charge in [0.05, 0.1) is 28.3 Å². The molecule has 2 atom stereocenters. The van der Waals surface area contributed by atoms with Crippen molar-refractivity contribution >= 4 is 34.3 Å². The molecule has 0 fully saturated rings. The minimum Gasteiger partial charge on any atom is -0.382 e. The highest BCUT2D eigenvalue weighted by molar-refractivity contribution is 6.31. The number of nitrogens with two attached hydrogens (primary N) is 2. The number of fused-ring (bicyclic) bond motifs is 1. The van der Waals surface area contributed by atoms with Crippen molar-refractivity contribution in [1.29, 1.82) is 5.41 Å². The highest BCUT2D eigenvalue weighted by atomic mass is 35.5. The summed E-state index contributed by atoms with van der Waals surface area (Å²) in [7, 11) is 0. The van der Waals surface area contributed by atoms with Crippen LogP contribution in [0.5, 0.6) is 0 Å². The van der Waals surface area contributed by atoms with Gasteiger partial charge in [0, 0.05) is 55.1 Å². The molecule has 48 heavy (non-hydrogen) atoms. The van der Waals surface area contributed by atoms with Crippen molar-refractivity contribution in [2.75, 3.05) is 18.4 Å². The zero-order valence-corrected chi connectivity index (χ0v) is 27.9. The summed E-state index contributed by atoms with van der Waals surface area (Å²) >= 11 is 6.26. The molecule has 0 spiro atoms. The molecule has 0 unspecified atom stereocenters. The Morgan fingerprint density at radius 1 is 1.15 bits per heavy atom. The predicted molar refractivity (Wildman–Crippen MR) is 191 cm³/mol. The zero-order chi connectivity index (χ0) is 34.2. The highest BCUT2D eigenvalue weighted by Crippen LogP contribution is 2.31. The van der Waals surface area contributed by atoms with Gasteiger partial charge in [0.25, 0.3) is 0 Å². The van der Waals surface area contributed by atoms with Crippen molar-refractivity contribution < 1.29 is 4.39 Å². The van der Waals surface area contributed by atoms with Crippen molar-refractivity contribution in [3.8, 4) is 16.9 Å². The van der Waals surface area contributed by atoms with E-state index in [-0.39, 0.29) is 23.1 Å². The van der Waals surface area contributed by atoms with Gasteiger partial charge in [-0.15, -0.1) is 0 Å². The molecule has 0 saturated carbocycles. The van der Waals surface area contributed by atoms with Crippen LogP contribution in [0.15, 0.2) is 71.9 Å². The third-order valence-corrected chi connectivity index (χ3v) is 8.48. The maximum Gasteiger partial charge on any atom is 0.354 e. The summed E-state index contributed by atoms with van der Waals surface area (Å²) in [6.07, 6.45) is 8.45. The fourth-order valence-electron chi connectivity index (χ4n) is 5.51. The summed E-state index contributed by atoms with van der Waals surface area (Å²) in [5.41, 5.74) is 16.8. The van der Waals surface area contributed by atoms with Crippen LogP contribution in [0.1, 0.15) is 42.9 Å². The van der Waals surface area contributed by atoms with Gasteiger partial charge in [-0.25, -0.2) is 9.18 Å². The molecule has 9 N–H and O–H groups in total. The first-order chi connectivity index (χ1) is 23.1. The molecule has 2 aromatic carbocycles. The maximum absolute atomic E-state index is 15.2. The topological polar surface area (TPSA) is 176 Å². The Labute approximate surface area is 283 Å². The molecule has 0 amide bonds. The van der Waals surface area contributed by atoms with Gasteiger partial charge in [-0.2, -0.15) is 4.98 Å². The SMILES string of the molecule is Cc1ccncc1NC[C@@H](CCNC(=N)N)NCc1ccc(-n2cc3cc(-c4cc(CCC[C@H](C)N)cc(Cl)c4F)[nH]c3nc2=O)cc1. The van der Waals surface area contributed by atoms with E-state index in [1.807, 2.05) is 44.2 Å². The molecule has 0 radical (unpaired) electrons.